The van der Waals surface area contributed by atoms with Crippen LogP contribution in [0.4, 0.5) is 44.0 Å². The zero-order chi connectivity index (χ0) is 106. The highest BCUT2D eigenvalue weighted by Crippen LogP contribution is 2.63. The Labute approximate surface area is 830 Å². The second kappa shape index (κ2) is 43.5. The molecular formula is C80H108N22O36P6S2. The lowest BCUT2D eigenvalue weighted by molar-refractivity contribution is -0.121. The molecule has 4 amide bonds. The fourth-order valence-corrected chi connectivity index (χ4v) is 27.4. The number of phosphoric ester groups is 2. The van der Waals surface area contributed by atoms with Gasteiger partial charge in [-0.1, -0.05) is 0 Å². The van der Waals surface area contributed by atoms with E-state index < -0.39 is 176 Å². The number of amides is 4. The third-order valence-corrected chi connectivity index (χ3v) is 35.2. The van der Waals surface area contributed by atoms with Crippen LogP contribution in [0, 0.1) is 0 Å². The predicted molar refractivity (Wildman–Crippen MR) is 507 cm³/mol. The number of imidazole rings is 2. The number of alkyl carbamates (subject to hydrolysis) is 2. The number of anilines is 4. The van der Waals surface area contributed by atoms with Gasteiger partial charge in [0.15, 0.2) is 70.6 Å². The van der Waals surface area contributed by atoms with Crippen LogP contribution in [0.5, 0.6) is 23.0 Å². The van der Waals surface area contributed by atoms with Crippen molar-refractivity contribution < 1.29 is 168 Å². The molecule has 0 spiro atoms. The predicted octanol–water partition coefficient (Wildman–Crippen LogP) is 0.812. The monoisotopic (exact) mass is 2200 g/mol. The van der Waals surface area contributed by atoms with Gasteiger partial charge >= 0.3 is 58.8 Å². The molecule has 2 fully saturated rings. The lowest BCUT2D eigenvalue weighted by Gasteiger charge is -2.48. The number of carbonyl (C=O) groups excluding carboxylic acids is 4. The fraction of sp³-hybridized carbons (Fsp3) is 0.525. The van der Waals surface area contributed by atoms with Crippen LogP contribution in [0.1, 0.15) is 139 Å². The third-order valence-electron chi connectivity index (χ3n) is 25.1. The second-order valence-corrected chi connectivity index (χ2v) is 48.9. The van der Waals surface area contributed by atoms with E-state index in [9.17, 15) is 102 Å². The smallest absolute Gasteiger partial charge is 0.480 e. The van der Waals surface area contributed by atoms with Gasteiger partial charge in [-0.05, 0) is 115 Å². The van der Waals surface area contributed by atoms with Crippen LogP contribution < -0.4 is 92.3 Å². The molecule has 796 valence electrons. The number of phosphoric acid groups is 2. The maximum Gasteiger partial charge on any atom is 0.480 e. The number of carbonyl (C=O) groups is 4. The Kier molecular flexibility index (Phi) is 32.8. The van der Waals surface area contributed by atoms with E-state index >= 15 is 0 Å². The van der Waals surface area contributed by atoms with Gasteiger partial charge in [0.05, 0.1) is 58.2 Å². The molecule has 0 aliphatic carbocycles. The number of ether oxygens (including phenoxy) is 6. The minimum atomic E-state index is -5.65. The molecule has 146 heavy (non-hydrogen) atoms. The van der Waals surface area contributed by atoms with E-state index in [1.807, 2.05) is 64.1 Å². The third kappa shape index (κ3) is 26.7. The van der Waals surface area contributed by atoms with Gasteiger partial charge in [-0.25, -0.2) is 103 Å². The van der Waals surface area contributed by atoms with Crippen LogP contribution in [0.25, 0.3) is 22.3 Å². The van der Waals surface area contributed by atoms with Crippen molar-refractivity contribution in [3.05, 3.63) is 118 Å². The molecule has 66 heteroatoms. The number of aliphatic hydroxyl groups excluding tert-OH is 2. The number of nitrogens with zero attached hydrogens (tertiary/aromatic N) is 14. The van der Waals surface area contributed by atoms with Crippen LogP contribution in [0.3, 0.4) is 0 Å². The molecule has 8 aliphatic rings. The number of nitrogen functional groups attached to an aromatic ring is 2. The summed E-state index contributed by atoms with van der Waals surface area (Å²) in [4.78, 5) is 167. The second-order valence-electron chi connectivity index (χ2n) is 36.4. The summed E-state index contributed by atoms with van der Waals surface area (Å²) in [5.41, 5.74) is 16.7. The van der Waals surface area contributed by atoms with Gasteiger partial charge < -0.3 is 129 Å². The molecule has 0 radical (unpaired) electrons. The summed E-state index contributed by atoms with van der Waals surface area (Å²) in [6.45, 7) is 13.4. The Morgan fingerprint density at radius 1 is 0.527 bits per heavy atom. The van der Waals surface area contributed by atoms with E-state index in [4.69, 9.17) is 74.0 Å². The maximum absolute atomic E-state index is 13.1. The zero-order valence-electron chi connectivity index (χ0n) is 78.7. The molecule has 8 aromatic rings. The summed E-state index contributed by atoms with van der Waals surface area (Å²) in [5.74, 6) is -1.21. The first-order chi connectivity index (χ1) is 68.4. The number of nitrogens with two attached hydrogens (primary N) is 2. The Bertz CT molecular complexity index is 7270. The van der Waals surface area contributed by atoms with Crippen LogP contribution >= 0.6 is 46.6 Å². The van der Waals surface area contributed by atoms with Crippen LogP contribution in [-0.4, -0.2) is 276 Å². The van der Waals surface area contributed by atoms with Crippen molar-refractivity contribution >= 4 is 148 Å². The fourth-order valence-electron chi connectivity index (χ4n) is 19.0. The van der Waals surface area contributed by atoms with Gasteiger partial charge in [0.1, 0.15) is 96.4 Å². The number of nitrogens with one attached hydrogen (secondary N) is 6. The Morgan fingerprint density at radius 2 is 0.932 bits per heavy atom. The number of fused-ring (bicyclic) bond motifs is 10. The summed E-state index contributed by atoms with van der Waals surface area (Å²) in [6, 6.07) is 15.3. The highest BCUT2D eigenvalue weighted by Gasteiger charge is 2.53. The molecule has 20 N–H and O–H groups in total. The van der Waals surface area contributed by atoms with Crippen molar-refractivity contribution in [1.29, 1.82) is 0 Å². The summed E-state index contributed by atoms with van der Waals surface area (Å²) in [6.07, 6.45) is -5.77. The minimum Gasteiger partial charge on any atom is -0.748 e. The molecule has 12 heterocycles. The molecule has 0 bridgehead atoms. The van der Waals surface area contributed by atoms with Gasteiger partial charge in [0, 0.05) is 134 Å². The SMILES string of the molecule is CC[N+]1=c2cc3c(cc2CCC1)=Nc1cc2c(cc1O3)N(CCCC(=O)NCCNC(=O)O[C@@H]1[C@H](O)[C@@H](COP(=O)(O)OP(=O)(O)NP(=O)(O)O)O[C@H]1n1cnc3c(N)ncnc31)C(C)(C)CC2CS(=O)(=O)[O-].CC[N+]1=c2cc3c(cc2CCC1)=Nc1cc2c(cc1O3)N(CCCC(=O)NCCNC(=O)O[C@H]1[C@@H](O)[C@H](n3cnc4c(N)ncnc43)O[C@@H]1COP(=O)(O)OP(=O)(O)NP(=O)(O)O)C(C)(C)CC2CS(=O)(=O)[O-]. The minimum absolute atomic E-state index is 0.0294. The van der Waals surface area contributed by atoms with Crippen molar-refractivity contribution in [2.75, 3.05) is 111 Å². The lowest BCUT2D eigenvalue weighted by Crippen LogP contribution is -2.50. The van der Waals surface area contributed by atoms with Gasteiger partial charge in [-0.2, -0.15) is 8.62 Å². The number of aryl methyl sites for hydroxylation is 2. The van der Waals surface area contributed by atoms with E-state index in [2.05, 4.69) is 97.1 Å². The average molecular weight is 2200 g/mol. The topological polar surface area (TPSA) is 828 Å². The Hall–Kier alpha value is -10.1. The van der Waals surface area contributed by atoms with E-state index in [1.165, 1.54) is 26.6 Å². The molecular weight excluding hydrogens is 2090 g/mol. The largest absolute Gasteiger partial charge is 0.748 e. The quantitative estimate of drug-likeness (QED) is 0.0110. The number of aliphatic hydroxyl groups is 2. The zero-order valence-corrected chi connectivity index (χ0v) is 85.7. The van der Waals surface area contributed by atoms with Gasteiger partial charge in [0.25, 0.3) is 0 Å². The standard InChI is InChI=1S/2C40H54N11O18P3S/c1-4-49-11-5-7-22-13-25-29(15-27(22)49)66-30-16-28-24(14-26(30)47-25)23(19-73(62,63)64)17-40(2,3)51(28)12-6-8-32(52)42-9-10-43-39(54)68-35-31(18-65-72(60,61)69-71(58,59)48-70(55,56)57)67-38(34(35)53)50-21-46-33-36(41)44-20-45-37(33)50;1-4-49-11-5-7-22-13-25-29(15-27(22)49)66-30-16-28-24(14-26(30)47-25)23(19-73(62,63)64)17-40(2,3)51(28)12-6-8-32(52)42-9-10-43-39(54)68-35-34(53)31(18-65-72(60,61)69-71(58,59)48-70(55,56)57)67-38(35)50-21-46-33-36(41)44-20-45-37(33)50/h2*13-16,20-21,23,31,34-35,38,53H,4-12,17-19H2,1-3H3,(H9-,41,42,43,44,45,48,52,54,55,56,57,58,59,60,61,62,63,64)/t2*23?,31-,34-,35-,38-/m11/s1. The number of hydrogen-bond acceptors (Lipinski definition) is 40. The first-order valence-corrected chi connectivity index (χ1v) is 58.0. The van der Waals surface area contributed by atoms with Gasteiger partial charge in [0.2, 0.25) is 22.5 Å². The van der Waals surface area contributed by atoms with Crippen molar-refractivity contribution in [3.8, 4) is 23.0 Å². The van der Waals surface area contributed by atoms with Gasteiger partial charge in [-0.15, -0.1) is 9.72 Å². The normalized spacial score (nSPS) is 22.9. The van der Waals surface area contributed by atoms with E-state index in [0.29, 0.717) is 106 Å². The number of aromatic nitrogens is 8. The van der Waals surface area contributed by atoms with Crippen molar-refractivity contribution in [2.45, 2.75) is 178 Å². The Balaban J connectivity index is 0.000000219. The summed E-state index contributed by atoms with van der Waals surface area (Å²) < 4.78 is 204. The highest BCUT2D eigenvalue weighted by atomic mass is 32.2. The summed E-state index contributed by atoms with van der Waals surface area (Å²) in [5, 5.41) is 36.3. The molecule has 58 nitrogen and oxygen atoms in total. The molecule has 4 aromatic heterocycles. The molecule has 2 saturated heterocycles. The van der Waals surface area contributed by atoms with Crippen LogP contribution in [0.2, 0.25) is 0 Å². The molecule has 0 saturated carbocycles. The van der Waals surface area contributed by atoms with Crippen molar-refractivity contribution in [3.63, 3.8) is 0 Å². The maximum atomic E-state index is 13.1. The Morgan fingerprint density at radius 3 is 1.35 bits per heavy atom. The van der Waals surface area contributed by atoms with E-state index in [-0.39, 0.29) is 84.8 Å². The number of rotatable bonds is 38. The number of benzene rings is 4. The molecule has 6 unspecified atom stereocenters. The number of hydrogen-bond donors (Lipinski definition) is 18. The van der Waals surface area contributed by atoms with E-state index in [1.54, 1.807) is 12.1 Å². The highest BCUT2D eigenvalue weighted by molar-refractivity contribution is 7.86. The van der Waals surface area contributed by atoms with E-state index in [0.717, 1.165) is 91.3 Å². The summed E-state index contributed by atoms with van der Waals surface area (Å²) >= 11 is 0. The van der Waals surface area contributed by atoms with Crippen LogP contribution in [-0.2, 0) is 107 Å². The van der Waals surface area contributed by atoms with Crippen molar-refractivity contribution in [2.24, 2.45) is 9.98 Å². The lowest BCUT2D eigenvalue weighted by atomic mass is 9.79. The molecule has 16 rings (SSSR count). The van der Waals surface area contributed by atoms with Gasteiger partial charge in [-0.3, -0.25) is 27.8 Å². The first kappa shape index (κ1) is 110. The van der Waals surface area contributed by atoms with Crippen molar-refractivity contribution in [1.82, 2.24) is 79.2 Å². The first-order valence-electron chi connectivity index (χ1n) is 45.5. The summed E-state index contributed by atoms with van der Waals surface area (Å²) in [7, 11) is -42.6. The molecule has 4 aromatic carbocycles. The average Bonchev–Trinajstić information content (AvgIpc) is 0.972. The molecule has 8 aliphatic heterocycles. The molecule has 14 atom stereocenters. The van der Waals surface area contributed by atoms with Crippen LogP contribution in [0.15, 0.2) is 83.8 Å².